The minimum absolute atomic E-state index is 0. The molecule has 6 heteroatoms. The third-order valence-electron chi connectivity index (χ3n) is 3.89. The summed E-state index contributed by atoms with van der Waals surface area (Å²) in [6.45, 7) is 9.81. The molecule has 0 aromatic heterocycles. The first-order chi connectivity index (χ1) is 7.89. The normalized spacial score (nSPS) is 22.2. The summed E-state index contributed by atoms with van der Waals surface area (Å²) >= 11 is 0. The van der Waals surface area contributed by atoms with Gasteiger partial charge in [0.05, 0.1) is 6.04 Å². The highest BCUT2D eigenvalue weighted by atomic mass is 35.5. The van der Waals surface area contributed by atoms with E-state index in [-0.39, 0.29) is 42.2 Å². The van der Waals surface area contributed by atoms with Gasteiger partial charge in [-0.1, -0.05) is 20.8 Å². The Bertz CT molecular complexity index is 295. The van der Waals surface area contributed by atoms with Gasteiger partial charge < -0.3 is 10.6 Å². The van der Waals surface area contributed by atoms with Gasteiger partial charge in [-0.2, -0.15) is 0 Å². The van der Waals surface area contributed by atoms with Crippen molar-refractivity contribution in [3.63, 3.8) is 0 Å². The summed E-state index contributed by atoms with van der Waals surface area (Å²) in [6, 6.07) is 0.429. The Kier molecular flexibility index (Phi) is 7.10. The Morgan fingerprint density at radius 3 is 1.95 bits per heavy atom. The SMILES string of the molecule is CC(C)(C)[C@H](N)C(=O)N1CCN(C2CC2)CC1.Cl.Cl. The third-order valence-corrected chi connectivity index (χ3v) is 3.89. The van der Waals surface area contributed by atoms with Crippen LogP contribution in [0, 0.1) is 5.41 Å². The van der Waals surface area contributed by atoms with E-state index in [1.165, 1.54) is 12.8 Å². The Hall–Kier alpha value is -0.0300. The second-order valence-electron chi connectivity index (χ2n) is 6.44. The molecule has 2 rings (SSSR count). The molecule has 1 heterocycles. The van der Waals surface area contributed by atoms with Gasteiger partial charge in [0.2, 0.25) is 5.91 Å². The van der Waals surface area contributed by atoms with Gasteiger partial charge in [-0.15, -0.1) is 24.8 Å². The average molecular weight is 312 g/mol. The maximum Gasteiger partial charge on any atom is 0.240 e. The van der Waals surface area contributed by atoms with Crippen molar-refractivity contribution in [3.8, 4) is 0 Å². The van der Waals surface area contributed by atoms with Gasteiger partial charge in [-0.25, -0.2) is 0 Å². The van der Waals surface area contributed by atoms with Crippen LogP contribution in [0.5, 0.6) is 0 Å². The second kappa shape index (κ2) is 7.11. The van der Waals surface area contributed by atoms with Crippen molar-refractivity contribution in [3.05, 3.63) is 0 Å². The molecule has 2 N–H and O–H groups in total. The van der Waals surface area contributed by atoms with Crippen molar-refractivity contribution in [1.82, 2.24) is 9.80 Å². The molecular formula is C13H27Cl2N3O. The van der Waals surface area contributed by atoms with Gasteiger partial charge in [0.1, 0.15) is 0 Å². The number of hydrogen-bond donors (Lipinski definition) is 1. The third kappa shape index (κ3) is 4.78. The fourth-order valence-electron chi connectivity index (χ4n) is 2.31. The maximum absolute atomic E-state index is 12.2. The largest absolute Gasteiger partial charge is 0.339 e. The van der Waals surface area contributed by atoms with E-state index >= 15 is 0 Å². The molecule has 4 nitrogen and oxygen atoms in total. The van der Waals surface area contributed by atoms with Crippen LogP contribution in [0.15, 0.2) is 0 Å². The molecule has 1 aliphatic heterocycles. The van der Waals surface area contributed by atoms with E-state index in [0.717, 1.165) is 32.2 Å². The Morgan fingerprint density at radius 1 is 1.11 bits per heavy atom. The van der Waals surface area contributed by atoms with Crippen LogP contribution in [0.25, 0.3) is 0 Å². The molecule has 0 aromatic rings. The molecule has 0 bridgehead atoms. The fraction of sp³-hybridized carbons (Fsp3) is 0.923. The molecule has 0 aromatic carbocycles. The lowest BCUT2D eigenvalue weighted by Crippen LogP contribution is -2.56. The average Bonchev–Trinajstić information content (AvgIpc) is 3.10. The molecule has 0 radical (unpaired) electrons. The Balaban J connectivity index is 0.00000162. The minimum Gasteiger partial charge on any atom is -0.339 e. The van der Waals surface area contributed by atoms with E-state index in [1.54, 1.807) is 0 Å². The van der Waals surface area contributed by atoms with E-state index in [1.807, 2.05) is 25.7 Å². The number of carbonyl (C=O) groups excluding carboxylic acids is 1. The lowest BCUT2D eigenvalue weighted by atomic mass is 9.86. The van der Waals surface area contributed by atoms with Gasteiger partial charge >= 0.3 is 0 Å². The molecule has 1 atom stereocenters. The summed E-state index contributed by atoms with van der Waals surface area (Å²) in [6.07, 6.45) is 2.69. The molecule has 0 spiro atoms. The molecule has 1 saturated heterocycles. The number of amides is 1. The van der Waals surface area contributed by atoms with Crippen molar-refractivity contribution >= 4 is 30.7 Å². The quantitative estimate of drug-likeness (QED) is 0.841. The topological polar surface area (TPSA) is 49.6 Å². The number of rotatable bonds is 2. The molecule has 19 heavy (non-hydrogen) atoms. The van der Waals surface area contributed by atoms with Gasteiger partial charge in [0.15, 0.2) is 0 Å². The van der Waals surface area contributed by atoms with Crippen LogP contribution in [-0.4, -0.2) is 54.0 Å². The summed E-state index contributed by atoms with van der Waals surface area (Å²) in [4.78, 5) is 16.7. The van der Waals surface area contributed by atoms with Crippen LogP contribution in [0.2, 0.25) is 0 Å². The van der Waals surface area contributed by atoms with Crippen molar-refractivity contribution in [2.24, 2.45) is 11.1 Å². The van der Waals surface area contributed by atoms with Crippen LogP contribution in [0.1, 0.15) is 33.6 Å². The highest BCUT2D eigenvalue weighted by Crippen LogP contribution is 2.28. The zero-order valence-corrected chi connectivity index (χ0v) is 13.7. The first-order valence-corrected chi connectivity index (χ1v) is 6.68. The standard InChI is InChI=1S/C13H25N3O.2ClH/c1-13(2,3)11(14)12(17)16-8-6-15(7-9-16)10-4-5-10;;/h10-11H,4-9,14H2,1-3H3;2*1H/t11-;;/m1../s1. The van der Waals surface area contributed by atoms with E-state index in [2.05, 4.69) is 4.90 Å². The molecule has 0 unspecified atom stereocenters. The summed E-state index contributed by atoms with van der Waals surface area (Å²) in [5, 5.41) is 0. The Labute approximate surface area is 128 Å². The van der Waals surface area contributed by atoms with Gasteiger partial charge in [-0.3, -0.25) is 9.69 Å². The van der Waals surface area contributed by atoms with Crippen LogP contribution in [-0.2, 0) is 4.79 Å². The molecule has 1 saturated carbocycles. The number of nitrogens with zero attached hydrogens (tertiary/aromatic N) is 2. The van der Waals surface area contributed by atoms with Gasteiger partial charge in [0, 0.05) is 32.2 Å². The number of piperazine rings is 1. The van der Waals surface area contributed by atoms with E-state index < -0.39 is 0 Å². The lowest BCUT2D eigenvalue weighted by molar-refractivity contribution is -0.136. The van der Waals surface area contributed by atoms with E-state index in [9.17, 15) is 4.79 Å². The van der Waals surface area contributed by atoms with Crippen molar-refractivity contribution < 1.29 is 4.79 Å². The highest BCUT2D eigenvalue weighted by Gasteiger charge is 2.35. The number of nitrogens with two attached hydrogens (primary N) is 1. The van der Waals surface area contributed by atoms with Gasteiger partial charge in [-0.05, 0) is 18.3 Å². The molecule has 2 aliphatic rings. The van der Waals surface area contributed by atoms with E-state index in [0.29, 0.717) is 0 Å². The Morgan fingerprint density at radius 2 is 1.58 bits per heavy atom. The van der Waals surface area contributed by atoms with Crippen LogP contribution >= 0.6 is 24.8 Å². The van der Waals surface area contributed by atoms with Gasteiger partial charge in [0.25, 0.3) is 0 Å². The minimum atomic E-state index is -0.380. The smallest absolute Gasteiger partial charge is 0.240 e. The summed E-state index contributed by atoms with van der Waals surface area (Å²) < 4.78 is 0. The number of carbonyl (C=O) groups is 1. The molecular weight excluding hydrogens is 285 g/mol. The second-order valence-corrected chi connectivity index (χ2v) is 6.44. The lowest BCUT2D eigenvalue weighted by Gasteiger charge is -2.38. The summed E-state index contributed by atoms with van der Waals surface area (Å²) in [5.74, 6) is 0.118. The molecule has 1 amide bonds. The van der Waals surface area contributed by atoms with E-state index in [4.69, 9.17) is 5.73 Å². The van der Waals surface area contributed by atoms with Crippen LogP contribution < -0.4 is 5.73 Å². The maximum atomic E-state index is 12.2. The van der Waals surface area contributed by atoms with Crippen molar-refractivity contribution in [2.45, 2.75) is 45.7 Å². The van der Waals surface area contributed by atoms with Crippen molar-refractivity contribution in [2.75, 3.05) is 26.2 Å². The fourth-order valence-corrected chi connectivity index (χ4v) is 2.31. The number of hydrogen-bond acceptors (Lipinski definition) is 3. The first kappa shape index (κ1) is 19.0. The molecule has 114 valence electrons. The molecule has 2 fully saturated rings. The highest BCUT2D eigenvalue weighted by molar-refractivity contribution is 5.85. The summed E-state index contributed by atoms with van der Waals surface area (Å²) in [5.41, 5.74) is 5.88. The monoisotopic (exact) mass is 311 g/mol. The first-order valence-electron chi connectivity index (χ1n) is 6.68. The zero-order valence-electron chi connectivity index (χ0n) is 12.1. The predicted octanol–water partition coefficient (Wildman–Crippen LogP) is 1.51. The van der Waals surface area contributed by atoms with Crippen molar-refractivity contribution in [1.29, 1.82) is 0 Å². The number of halogens is 2. The predicted molar refractivity (Wildman–Crippen MR) is 83.1 cm³/mol. The summed E-state index contributed by atoms with van der Waals surface area (Å²) in [7, 11) is 0. The van der Waals surface area contributed by atoms with Crippen LogP contribution in [0.4, 0.5) is 0 Å². The molecule has 1 aliphatic carbocycles. The van der Waals surface area contributed by atoms with Crippen LogP contribution in [0.3, 0.4) is 0 Å². The zero-order chi connectivity index (χ0) is 12.6.